The smallest absolute Gasteiger partial charge is 0.342 e. The Labute approximate surface area is 163 Å². The number of aliphatic hydroxyl groups is 2. The van der Waals surface area contributed by atoms with E-state index >= 15 is 0 Å². The van der Waals surface area contributed by atoms with E-state index in [1.54, 1.807) is 0 Å². The fourth-order valence-corrected chi connectivity index (χ4v) is 3.02. The molecule has 1 heterocycles. The number of allylic oxidation sites excluding steroid dienone is 2. The van der Waals surface area contributed by atoms with Crippen LogP contribution in [-0.2, 0) is 27.3 Å². The maximum Gasteiger partial charge on any atom is 0.342 e. The molecule has 28 heavy (non-hydrogen) atoms. The third kappa shape index (κ3) is 4.82. The van der Waals surface area contributed by atoms with Gasteiger partial charge in [0.15, 0.2) is 0 Å². The van der Waals surface area contributed by atoms with Crippen LogP contribution < -0.4 is 4.74 Å². The molecule has 0 saturated heterocycles. The summed E-state index contributed by atoms with van der Waals surface area (Å²) in [5.74, 6) is -0.651. The van der Waals surface area contributed by atoms with Gasteiger partial charge in [-0.05, 0) is 32.3 Å². The summed E-state index contributed by atoms with van der Waals surface area (Å²) in [5.41, 5.74) is 2.96. The van der Waals surface area contributed by atoms with Crippen molar-refractivity contribution in [3.05, 3.63) is 33.9 Å². The van der Waals surface area contributed by atoms with Crippen LogP contribution in [0.2, 0.25) is 0 Å². The van der Waals surface area contributed by atoms with Gasteiger partial charge in [-0.15, -0.1) is 0 Å². The van der Waals surface area contributed by atoms with Crippen molar-refractivity contribution in [2.75, 3.05) is 20.3 Å². The quantitative estimate of drug-likeness (QED) is 0.426. The number of fused-ring (bicyclic) bond motifs is 1. The molecule has 1 unspecified atom stereocenters. The van der Waals surface area contributed by atoms with Crippen LogP contribution in [0, 0.1) is 6.92 Å². The lowest BCUT2D eigenvalue weighted by Crippen LogP contribution is -2.21. The van der Waals surface area contributed by atoms with Crippen molar-refractivity contribution in [3.8, 4) is 11.5 Å². The van der Waals surface area contributed by atoms with Crippen molar-refractivity contribution in [2.45, 2.75) is 45.8 Å². The second-order valence-electron chi connectivity index (χ2n) is 6.69. The molecule has 0 bridgehead atoms. The number of carbonyl (C=O) groups excluding carboxylic acids is 2. The Morgan fingerprint density at radius 2 is 2.07 bits per heavy atom. The number of rotatable bonds is 9. The Balaban J connectivity index is 2.07. The summed E-state index contributed by atoms with van der Waals surface area (Å²) in [6.07, 6.45) is 1.65. The van der Waals surface area contributed by atoms with Crippen LogP contribution in [0.4, 0.5) is 0 Å². The van der Waals surface area contributed by atoms with E-state index in [0.717, 1.165) is 11.1 Å². The van der Waals surface area contributed by atoms with Gasteiger partial charge < -0.3 is 29.5 Å². The molecule has 1 aromatic carbocycles. The van der Waals surface area contributed by atoms with Crippen molar-refractivity contribution >= 4 is 11.9 Å². The lowest BCUT2D eigenvalue weighted by Gasteiger charge is -2.15. The van der Waals surface area contributed by atoms with Gasteiger partial charge in [0.25, 0.3) is 0 Å². The van der Waals surface area contributed by atoms with E-state index in [9.17, 15) is 19.8 Å². The summed E-state index contributed by atoms with van der Waals surface area (Å²) in [4.78, 5) is 23.6. The van der Waals surface area contributed by atoms with E-state index in [4.69, 9.17) is 19.3 Å². The van der Waals surface area contributed by atoms with Crippen molar-refractivity contribution in [2.24, 2.45) is 0 Å². The predicted octanol–water partition coefficient (Wildman–Crippen LogP) is 1.55. The molecule has 0 spiro atoms. The van der Waals surface area contributed by atoms with Gasteiger partial charge in [-0.25, -0.2) is 4.79 Å². The lowest BCUT2D eigenvalue weighted by molar-refractivity contribution is -0.147. The number of aliphatic hydroxyl groups excluding tert-OH is 2. The first-order valence-corrected chi connectivity index (χ1v) is 8.98. The normalized spacial score (nSPS) is 14.5. The fraction of sp³-hybridized carbons (Fsp3) is 0.500. The van der Waals surface area contributed by atoms with E-state index in [0.29, 0.717) is 29.7 Å². The number of cyclic esters (lactones) is 1. The van der Waals surface area contributed by atoms with Crippen molar-refractivity contribution in [1.29, 1.82) is 0 Å². The first kappa shape index (κ1) is 21.7. The molecule has 1 aliphatic rings. The third-order valence-corrected chi connectivity index (χ3v) is 4.67. The van der Waals surface area contributed by atoms with E-state index in [2.05, 4.69) is 0 Å². The number of phenolic OH excluding ortho intramolecular Hbond substituents is 1. The average Bonchev–Trinajstić information content (AvgIpc) is 3.07. The number of carbonyl (C=O) groups is 2. The van der Waals surface area contributed by atoms with E-state index in [-0.39, 0.29) is 30.9 Å². The number of hydrogen-bond acceptors (Lipinski definition) is 8. The van der Waals surface area contributed by atoms with Gasteiger partial charge in [-0.2, -0.15) is 0 Å². The van der Waals surface area contributed by atoms with E-state index < -0.39 is 24.6 Å². The van der Waals surface area contributed by atoms with Crippen LogP contribution in [0.3, 0.4) is 0 Å². The van der Waals surface area contributed by atoms with Gasteiger partial charge in [-0.1, -0.05) is 11.6 Å². The number of esters is 2. The molecule has 0 radical (unpaired) electrons. The van der Waals surface area contributed by atoms with Crippen LogP contribution in [0.25, 0.3) is 0 Å². The molecule has 2 rings (SSSR count). The minimum absolute atomic E-state index is 0.117. The summed E-state index contributed by atoms with van der Waals surface area (Å²) in [6, 6.07) is 0. The Hall–Kier alpha value is -2.58. The van der Waals surface area contributed by atoms with Gasteiger partial charge >= 0.3 is 11.9 Å². The Morgan fingerprint density at radius 3 is 2.71 bits per heavy atom. The maximum absolute atomic E-state index is 11.9. The molecule has 8 heteroatoms. The van der Waals surface area contributed by atoms with E-state index in [1.165, 1.54) is 7.11 Å². The molecule has 8 nitrogen and oxygen atoms in total. The standard InChI is InChI=1S/C20H26O8/c1-11(5-7-16(23)27-9-13(22)8-21)4-6-14-18(24)17-15(10-28-20(17)25)12(2)19(14)26-3/h4,13,21-22,24H,5-10H2,1-3H3/b11-4+. The maximum atomic E-state index is 11.9. The highest BCUT2D eigenvalue weighted by atomic mass is 16.5. The second-order valence-corrected chi connectivity index (χ2v) is 6.69. The molecule has 0 fully saturated rings. The Kier molecular flexibility index (Phi) is 7.42. The molecular formula is C20H26O8. The first-order chi connectivity index (χ1) is 13.3. The molecule has 0 saturated carbocycles. The first-order valence-electron chi connectivity index (χ1n) is 8.98. The van der Waals surface area contributed by atoms with Crippen LogP contribution in [0.1, 0.15) is 46.8 Å². The zero-order valence-corrected chi connectivity index (χ0v) is 16.3. The number of benzene rings is 1. The lowest BCUT2D eigenvalue weighted by atomic mass is 9.94. The van der Waals surface area contributed by atoms with Crippen LogP contribution >= 0.6 is 0 Å². The minimum Gasteiger partial charge on any atom is -0.507 e. The highest BCUT2D eigenvalue weighted by Crippen LogP contribution is 2.42. The molecule has 1 aliphatic heterocycles. The number of hydrogen-bond donors (Lipinski definition) is 3. The second kappa shape index (κ2) is 9.57. The summed E-state index contributed by atoms with van der Waals surface area (Å²) in [7, 11) is 1.50. The van der Waals surface area contributed by atoms with Gasteiger partial charge in [0.05, 0.1) is 13.7 Å². The molecule has 0 aliphatic carbocycles. The highest BCUT2D eigenvalue weighted by molar-refractivity contribution is 5.98. The Bertz CT molecular complexity index is 781. The number of methoxy groups -OCH3 is 1. The number of ether oxygens (including phenoxy) is 3. The van der Waals surface area contributed by atoms with Gasteiger partial charge in [-0.3, -0.25) is 4.79 Å². The molecule has 1 atom stereocenters. The van der Waals surface area contributed by atoms with Gasteiger partial charge in [0.1, 0.15) is 36.4 Å². The summed E-state index contributed by atoms with van der Waals surface area (Å²) in [6.45, 7) is 3.06. The largest absolute Gasteiger partial charge is 0.507 e. The third-order valence-electron chi connectivity index (χ3n) is 4.67. The fourth-order valence-electron chi connectivity index (χ4n) is 3.02. The van der Waals surface area contributed by atoms with Crippen LogP contribution in [0.5, 0.6) is 11.5 Å². The van der Waals surface area contributed by atoms with Crippen molar-refractivity contribution < 1.29 is 39.1 Å². The number of phenols is 1. The van der Waals surface area contributed by atoms with Gasteiger partial charge in [0.2, 0.25) is 0 Å². The highest BCUT2D eigenvalue weighted by Gasteiger charge is 2.31. The molecular weight excluding hydrogens is 368 g/mol. The average molecular weight is 394 g/mol. The van der Waals surface area contributed by atoms with E-state index in [1.807, 2.05) is 19.9 Å². The van der Waals surface area contributed by atoms with Crippen molar-refractivity contribution in [3.63, 3.8) is 0 Å². The monoisotopic (exact) mass is 394 g/mol. The van der Waals surface area contributed by atoms with Gasteiger partial charge in [0, 0.05) is 17.5 Å². The van der Waals surface area contributed by atoms with Crippen LogP contribution in [0.15, 0.2) is 11.6 Å². The number of aromatic hydroxyl groups is 1. The molecule has 1 aromatic rings. The molecule has 0 amide bonds. The SMILES string of the molecule is COc1c(C)c2c(c(O)c1C/C=C(\C)CCC(=O)OCC(O)CO)C(=O)OC2. The zero-order chi connectivity index (χ0) is 20.8. The minimum atomic E-state index is -1.08. The van der Waals surface area contributed by atoms with Crippen LogP contribution in [-0.4, -0.2) is 53.7 Å². The van der Waals surface area contributed by atoms with Crippen molar-refractivity contribution in [1.82, 2.24) is 0 Å². The summed E-state index contributed by atoms with van der Waals surface area (Å²) < 4.78 is 15.3. The zero-order valence-electron chi connectivity index (χ0n) is 16.3. The predicted molar refractivity (Wildman–Crippen MR) is 99.3 cm³/mol. The topological polar surface area (TPSA) is 123 Å². The summed E-state index contributed by atoms with van der Waals surface area (Å²) >= 11 is 0. The molecule has 154 valence electrons. The summed E-state index contributed by atoms with van der Waals surface area (Å²) in [5, 5.41) is 28.4. The molecule has 3 N–H and O–H groups in total. The molecule has 0 aromatic heterocycles. The Morgan fingerprint density at radius 1 is 1.36 bits per heavy atom.